The summed E-state index contributed by atoms with van der Waals surface area (Å²) in [5, 5.41) is 9.32. The molecule has 1 aromatic carbocycles. The summed E-state index contributed by atoms with van der Waals surface area (Å²) in [6.45, 7) is 2.47. The van der Waals surface area contributed by atoms with Crippen molar-refractivity contribution in [3.05, 3.63) is 42.4 Å². The fourth-order valence-electron chi connectivity index (χ4n) is 3.09. The molecule has 6 nitrogen and oxygen atoms in total. The lowest BCUT2D eigenvalue weighted by atomic mass is 9.96. The molecule has 2 aromatic rings. The smallest absolute Gasteiger partial charge is 0.237 e. The maximum atomic E-state index is 12.6. The zero-order chi connectivity index (χ0) is 18.7. The second-order valence-corrected chi connectivity index (χ2v) is 6.76. The zero-order valence-electron chi connectivity index (χ0n) is 15.2. The largest absolute Gasteiger partial charge is 0.472 e. The fraction of sp³-hybridized carbons (Fsp3) is 0.350. The Morgan fingerprint density at radius 2 is 2.15 bits per heavy atom. The van der Waals surface area contributed by atoms with E-state index in [2.05, 4.69) is 17.1 Å². The summed E-state index contributed by atoms with van der Waals surface area (Å²) in [6, 6.07) is 9.68. The molecule has 26 heavy (non-hydrogen) atoms. The van der Waals surface area contributed by atoms with Gasteiger partial charge in [-0.2, -0.15) is 5.26 Å². The molecule has 134 valence electrons. The van der Waals surface area contributed by atoms with Gasteiger partial charge in [0, 0.05) is 24.2 Å². The molecule has 3 rings (SSSR count). The number of furan rings is 1. The maximum absolute atomic E-state index is 12.6. The number of rotatable bonds is 6. The summed E-state index contributed by atoms with van der Waals surface area (Å²) in [5.41, 5.74) is 4.03. The molecule has 0 N–H and O–H groups in total. The number of nitriles is 1. The van der Waals surface area contributed by atoms with Crippen LogP contribution in [0, 0.1) is 11.3 Å². The zero-order valence-corrected chi connectivity index (χ0v) is 15.2. The van der Waals surface area contributed by atoms with Crippen LogP contribution in [0.5, 0.6) is 0 Å². The third kappa shape index (κ3) is 3.68. The number of likely N-dealkylation sites (N-methyl/N-ethyl adjacent to an activating group) is 1. The Morgan fingerprint density at radius 3 is 2.81 bits per heavy atom. The molecular formula is C20H22N4O2. The molecule has 1 amide bonds. The number of carbonyl (C=O) groups is 1. The topological polar surface area (TPSA) is 72.8 Å². The van der Waals surface area contributed by atoms with Gasteiger partial charge in [-0.15, -0.1) is 0 Å². The lowest BCUT2D eigenvalue weighted by Gasteiger charge is -2.28. The van der Waals surface area contributed by atoms with Crippen LogP contribution in [0.1, 0.15) is 18.4 Å². The third-order valence-corrected chi connectivity index (χ3v) is 4.49. The van der Waals surface area contributed by atoms with Gasteiger partial charge in [-0.1, -0.05) is 6.07 Å². The van der Waals surface area contributed by atoms with Crippen LogP contribution in [-0.4, -0.2) is 55.1 Å². The van der Waals surface area contributed by atoms with Gasteiger partial charge in [-0.25, -0.2) is 0 Å². The molecule has 0 saturated heterocycles. The molecule has 2 heterocycles. The summed E-state index contributed by atoms with van der Waals surface area (Å²) in [5.74, 6) is -0.0874. The van der Waals surface area contributed by atoms with Crippen LogP contribution in [-0.2, 0) is 4.79 Å². The van der Waals surface area contributed by atoms with Crippen LogP contribution in [0.25, 0.3) is 11.1 Å². The summed E-state index contributed by atoms with van der Waals surface area (Å²) in [6.07, 6.45) is 5.22. The number of carbonyl (C=O) groups excluding carboxylic acids is 1. The van der Waals surface area contributed by atoms with Crippen molar-refractivity contribution in [3.63, 3.8) is 0 Å². The van der Waals surface area contributed by atoms with Gasteiger partial charge in [0.1, 0.15) is 6.04 Å². The fourth-order valence-corrected chi connectivity index (χ4v) is 3.09. The Bertz CT molecular complexity index is 849. The molecule has 2 unspecified atom stereocenters. The molecule has 6 heteroatoms. The highest BCUT2D eigenvalue weighted by molar-refractivity contribution is 5.85. The van der Waals surface area contributed by atoms with Gasteiger partial charge in [0.25, 0.3) is 0 Å². The van der Waals surface area contributed by atoms with Gasteiger partial charge in [-0.05, 0) is 50.3 Å². The molecular weight excluding hydrogens is 328 g/mol. The molecule has 1 aromatic heterocycles. The molecule has 1 aliphatic rings. The highest BCUT2D eigenvalue weighted by atomic mass is 16.3. The van der Waals surface area contributed by atoms with Gasteiger partial charge in [0.2, 0.25) is 5.91 Å². The van der Waals surface area contributed by atoms with E-state index in [-0.39, 0.29) is 18.4 Å². The highest BCUT2D eigenvalue weighted by Crippen LogP contribution is 2.36. The molecule has 0 bridgehead atoms. The van der Waals surface area contributed by atoms with Gasteiger partial charge in [0.15, 0.2) is 0 Å². The maximum Gasteiger partial charge on any atom is 0.237 e. The summed E-state index contributed by atoms with van der Waals surface area (Å²) in [7, 11) is 3.69. The first-order valence-corrected chi connectivity index (χ1v) is 8.54. The quantitative estimate of drug-likeness (QED) is 0.803. The normalized spacial score (nSPS) is 16.3. The van der Waals surface area contributed by atoms with E-state index in [0.717, 1.165) is 22.4 Å². The average molecular weight is 350 g/mol. The summed E-state index contributed by atoms with van der Waals surface area (Å²) < 4.78 is 5.17. The minimum Gasteiger partial charge on any atom is -0.472 e. The molecule has 0 spiro atoms. The number of aliphatic imine (C=N–C) groups is 1. The number of fused-ring (bicyclic) bond motifs is 1. The predicted octanol–water partition coefficient (Wildman–Crippen LogP) is 3.05. The van der Waals surface area contributed by atoms with Crippen LogP contribution < -0.4 is 0 Å². The van der Waals surface area contributed by atoms with E-state index in [4.69, 9.17) is 4.42 Å². The van der Waals surface area contributed by atoms with E-state index in [9.17, 15) is 10.1 Å². The second-order valence-electron chi connectivity index (χ2n) is 6.76. The van der Waals surface area contributed by atoms with E-state index < -0.39 is 6.04 Å². The van der Waals surface area contributed by atoms with Crippen molar-refractivity contribution in [1.29, 1.82) is 5.26 Å². The van der Waals surface area contributed by atoms with E-state index in [1.807, 2.05) is 43.4 Å². The van der Waals surface area contributed by atoms with Crippen LogP contribution in [0.2, 0.25) is 0 Å². The van der Waals surface area contributed by atoms with Crippen molar-refractivity contribution in [2.75, 3.05) is 27.2 Å². The van der Waals surface area contributed by atoms with Crippen LogP contribution in [0.3, 0.4) is 0 Å². The number of benzene rings is 1. The average Bonchev–Trinajstić information content (AvgIpc) is 3.27. The lowest BCUT2D eigenvalue weighted by molar-refractivity contribution is -0.132. The first kappa shape index (κ1) is 17.9. The van der Waals surface area contributed by atoms with Gasteiger partial charge in [-0.3, -0.25) is 9.79 Å². The van der Waals surface area contributed by atoms with E-state index in [0.29, 0.717) is 6.54 Å². The molecule has 1 aliphatic heterocycles. The van der Waals surface area contributed by atoms with Crippen LogP contribution in [0.15, 0.2) is 46.2 Å². The van der Waals surface area contributed by atoms with Crippen molar-refractivity contribution in [2.24, 2.45) is 4.99 Å². The van der Waals surface area contributed by atoms with Crippen LogP contribution in [0.4, 0.5) is 5.69 Å². The summed E-state index contributed by atoms with van der Waals surface area (Å²) in [4.78, 5) is 20.5. The van der Waals surface area contributed by atoms with Gasteiger partial charge in [0.05, 0.1) is 30.8 Å². The minimum atomic E-state index is -0.489. The first-order valence-electron chi connectivity index (χ1n) is 8.54. The Balaban J connectivity index is 1.85. The van der Waals surface area contributed by atoms with Crippen LogP contribution >= 0.6 is 0 Å². The van der Waals surface area contributed by atoms with Gasteiger partial charge >= 0.3 is 0 Å². The van der Waals surface area contributed by atoms with Gasteiger partial charge < -0.3 is 14.2 Å². The monoisotopic (exact) mass is 350 g/mol. The molecule has 0 radical (unpaired) electrons. The minimum absolute atomic E-state index is 0.0289. The number of hydrogen-bond acceptors (Lipinski definition) is 5. The Morgan fingerprint density at radius 1 is 1.35 bits per heavy atom. The Hall–Kier alpha value is -2.91. The standard InChI is InChI=1S/C20H22N4O2/c1-14(9-21)24(20(25)12-23(2)3)11-17-10-22-19-5-4-15(8-18(17)19)16-6-7-26-13-16/h4-8,10,13-14,17H,11-12H2,1-3H3. The Kier molecular flexibility index (Phi) is 5.19. The first-order chi connectivity index (χ1) is 12.5. The third-order valence-electron chi connectivity index (χ3n) is 4.49. The molecule has 0 saturated carbocycles. The molecule has 0 aliphatic carbocycles. The summed E-state index contributed by atoms with van der Waals surface area (Å²) >= 11 is 0. The van der Waals surface area contributed by atoms with Crippen molar-refractivity contribution in [1.82, 2.24) is 9.80 Å². The SMILES string of the molecule is CC(C#N)N(CC1C=Nc2ccc(-c3ccoc3)cc21)C(=O)CN(C)C. The van der Waals surface area contributed by atoms with E-state index in [1.54, 1.807) is 24.3 Å². The second kappa shape index (κ2) is 7.54. The van der Waals surface area contributed by atoms with E-state index >= 15 is 0 Å². The van der Waals surface area contributed by atoms with Crippen molar-refractivity contribution < 1.29 is 9.21 Å². The lowest BCUT2D eigenvalue weighted by Crippen LogP contribution is -2.44. The Labute approximate surface area is 153 Å². The van der Waals surface area contributed by atoms with E-state index in [1.165, 1.54) is 0 Å². The van der Waals surface area contributed by atoms with Crippen molar-refractivity contribution in [2.45, 2.75) is 18.9 Å². The van der Waals surface area contributed by atoms with Crippen molar-refractivity contribution >= 4 is 17.8 Å². The number of nitrogens with zero attached hydrogens (tertiary/aromatic N) is 4. The van der Waals surface area contributed by atoms with Crippen molar-refractivity contribution in [3.8, 4) is 17.2 Å². The highest BCUT2D eigenvalue weighted by Gasteiger charge is 2.27. The number of hydrogen-bond donors (Lipinski definition) is 0. The molecule has 0 fully saturated rings. The molecule has 2 atom stereocenters. The number of amides is 1. The predicted molar refractivity (Wildman–Crippen MR) is 100 cm³/mol.